The summed E-state index contributed by atoms with van der Waals surface area (Å²) in [7, 11) is 1.41. The number of aliphatic carboxylic acids is 1. The summed E-state index contributed by atoms with van der Waals surface area (Å²) in [4.78, 5) is 36.6. The van der Waals surface area contributed by atoms with Crippen LogP contribution < -0.4 is 4.74 Å². The van der Waals surface area contributed by atoms with Crippen molar-refractivity contribution in [1.82, 2.24) is 4.90 Å². The molecule has 3 rings (SSSR count). The Balaban J connectivity index is 1.93. The Labute approximate surface area is 138 Å². The van der Waals surface area contributed by atoms with Crippen molar-refractivity contribution in [2.45, 2.75) is 19.3 Å². The molecule has 1 N–H and O–H groups in total. The van der Waals surface area contributed by atoms with Crippen LogP contribution in [-0.4, -0.2) is 47.0 Å². The van der Waals surface area contributed by atoms with E-state index in [1.165, 1.54) is 30.2 Å². The van der Waals surface area contributed by atoms with Crippen molar-refractivity contribution in [2.75, 3.05) is 20.2 Å². The number of benzene rings is 1. The lowest BCUT2D eigenvalue weighted by molar-refractivity contribution is -0.385. The Morgan fingerprint density at radius 1 is 1.46 bits per heavy atom. The van der Waals surface area contributed by atoms with Gasteiger partial charge in [-0.05, 0) is 30.9 Å². The minimum Gasteiger partial charge on any atom is -0.497 e. The van der Waals surface area contributed by atoms with Gasteiger partial charge < -0.3 is 14.7 Å². The molecule has 0 unspecified atom stereocenters. The molecule has 0 radical (unpaired) electrons. The molecular formula is C16H18N2O6. The molecule has 1 amide bonds. The van der Waals surface area contributed by atoms with Crippen LogP contribution in [0.25, 0.3) is 0 Å². The number of likely N-dealkylation sites (tertiary alicyclic amines) is 1. The van der Waals surface area contributed by atoms with E-state index in [-0.39, 0.29) is 23.7 Å². The number of nitro groups is 1. The van der Waals surface area contributed by atoms with Crippen molar-refractivity contribution >= 4 is 17.6 Å². The fraction of sp³-hybridized carbons (Fsp3) is 0.500. The molecule has 2 fully saturated rings. The van der Waals surface area contributed by atoms with E-state index in [9.17, 15) is 24.8 Å². The van der Waals surface area contributed by atoms with Crippen molar-refractivity contribution in [2.24, 2.45) is 11.3 Å². The summed E-state index contributed by atoms with van der Waals surface area (Å²) in [6.07, 6.45) is 2.13. The molecule has 1 saturated carbocycles. The Kier molecular flexibility index (Phi) is 3.90. The number of carbonyl (C=O) groups excluding carboxylic acids is 1. The van der Waals surface area contributed by atoms with Gasteiger partial charge in [-0.25, -0.2) is 0 Å². The summed E-state index contributed by atoms with van der Waals surface area (Å²) < 4.78 is 5.05. The molecule has 0 bridgehead atoms. The fourth-order valence-corrected chi connectivity index (χ4v) is 3.94. The highest BCUT2D eigenvalue weighted by Gasteiger charge is 2.56. The maximum atomic E-state index is 12.8. The van der Waals surface area contributed by atoms with Crippen LogP contribution in [0.15, 0.2) is 18.2 Å². The van der Waals surface area contributed by atoms with E-state index >= 15 is 0 Å². The first-order chi connectivity index (χ1) is 11.4. The second-order valence-electron chi connectivity index (χ2n) is 6.38. The summed E-state index contributed by atoms with van der Waals surface area (Å²) in [6.45, 7) is 0.416. The molecular weight excluding hydrogens is 316 g/mol. The van der Waals surface area contributed by atoms with Gasteiger partial charge in [0.15, 0.2) is 0 Å². The Bertz CT molecular complexity index is 719. The number of carboxylic acid groups (broad SMARTS) is 1. The highest BCUT2D eigenvalue weighted by atomic mass is 16.6. The van der Waals surface area contributed by atoms with Crippen LogP contribution in [0.1, 0.15) is 29.6 Å². The monoisotopic (exact) mass is 334 g/mol. The van der Waals surface area contributed by atoms with E-state index in [4.69, 9.17) is 4.74 Å². The molecule has 0 aromatic heterocycles. The van der Waals surface area contributed by atoms with Gasteiger partial charge in [0.25, 0.3) is 11.6 Å². The van der Waals surface area contributed by atoms with Crippen molar-refractivity contribution in [3.8, 4) is 5.75 Å². The molecule has 2 atom stereocenters. The van der Waals surface area contributed by atoms with Crippen LogP contribution in [-0.2, 0) is 4.79 Å². The number of carboxylic acids is 1. The van der Waals surface area contributed by atoms with E-state index in [1.807, 2.05) is 0 Å². The van der Waals surface area contributed by atoms with Crippen molar-refractivity contribution in [3.05, 3.63) is 33.9 Å². The zero-order valence-electron chi connectivity index (χ0n) is 13.2. The lowest BCUT2D eigenvalue weighted by atomic mass is 9.81. The Hall–Kier alpha value is -2.64. The average Bonchev–Trinajstić information content (AvgIpc) is 3.11. The number of rotatable bonds is 4. The molecule has 8 heteroatoms. The predicted octanol–water partition coefficient (Wildman–Crippen LogP) is 1.93. The van der Waals surface area contributed by atoms with Crippen LogP contribution in [0.3, 0.4) is 0 Å². The lowest BCUT2D eigenvalue weighted by Gasteiger charge is -2.23. The van der Waals surface area contributed by atoms with Gasteiger partial charge in [-0.1, -0.05) is 6.42 Å². The van der Waals surface area contributed by atoms with Gasteiger partial charge in [-0.15, -0.1) is 0 Å². The van der Waals surface area contributed by atoms with Crippen molar-refractivity contribution in [1.29, 1.82) is 0 Å². The zero-order chi connectivity index (χ0) is 17.5. The van der Waals surface area contributed by atoms with Gasteiger partial charge in [0.05, 0.1) is 17.4 Å². The van der Waals surface area contributed by atoms with Crippen LogP contribution in [0.2, 0.25) is 0 Å². The lowest BCUT2D eigenvalue weighted by Crippen LogP contribution is -2.37. The highest BCUT2D eigenvalue weighted by Crippen LogP contribution is 2.49. The fourth-order valence-electron chi connectivity index (χ4n) is 3.94. The van der Waals surface area contributed by atoms with Crippen LogP contribution in [0.4, 0.5) is 5.69 Å². The minimum atomic E-state index is -0.913. The van der Waals surface area contributed by atoms with E-state index in [0.29, 0.717) is 18.7 Å². The molecule has 1 aromatic carbocycles. The quantitative estimate of drug-likeness (QED) is 0.665. The third-order valence-electron chi connectivity index (χ3n) is 5.21. The number of hydrogen-bond acceptors (Lipinski definition) is 5. The highest BCUT2D eigenvalue weighted by molar-refractivity contribution is 5.99. The molecule has 1 heterocycles. The van der Waals surface area contributed by atoms with Gasteiger partial charge in [0.1, 0.15) is 11.3 Å². The third kappa shape index (κ3) is 2.38. The van der Waals surface area contributed by atoms with Crippen LogP contribution in [0, 0.1) is 21.4 Å². The predicted molar refractivity (Wildman–Crippen MR) is 83.0 cm³/mol. The number of hydrogen-bond donors (Lipinski definition) is 1. The van der Waals surface area contributed by atoms with E-state index < -0.39 is 22.2 Å². The topological polar surface area (TPSA) is 110 Å². The molecule has 1 aromatic rings. The number of methoxy groups -OCH3 is 1. The second-order valence-corrected chi connectivity index (χ2v) is 6.38. The van der Waals surface area contributed by atoms with Gasteiger partial charge in [-0.2, -0.15) is 0 Å². The normalized spacial score (nSPS) is 25.4. The molecule has 0 spiro atoms. The van der Waals surface area contributed by atoms with E-state index in [0.717, 1.165) is 12.8 Å². The van der Waals surface area contributed by atoms with Crippen molar-refractivity contribution in [3.63, 3.8) is 0 Å². The molecule has 1 aliphatic carbocycles. The van der Waals surface area contributed by atoms with Gasteiger partial charge in [0, 0.05) is 19.2 Å². The number of nitrogens with zero attached hydrogens (tertiary/aromatic N) is 2. The maximum Gasteiger partial charge on any atom is 0.311 e. The molecule has 1 saturated heterocycles. The first kappa shape index (κ1) is 16.2. The number of nitro benzene ring substituents is 1. The zero-order valence-corrected chi connectivity index (χ0v) is 13.2. The Morgan fingerprint density at radius 3 is 2.79 bits per heavy atom. The number of ether oxygens (including phenoxy) is 1. The third-order valence-corrected chi connectivity index (χ3v) is 5.21. The SMILES string of the molecule is COc1ccc([N+](=O)[O-])c(C(=O)N2C[C@@H]3CCC[C@@]3(C(=O)O)C2)c1. The molecule has 2 aliphatic rings. The summed E-state index contributed by atoms with van der Waals surface area (Å²) in [5.41, 5.74) is -1.29. The van der Waals surface area contributed by atoms with Gasteiger partial charge in [0.2, 0.25) is 0 Å². The van der Waals surface area contributed by atoms with E-state index in [2.05, 4.69) is 0 Å². The standard InChI is InChI=1S/C16H18N2O6/c1-24-11-4-5-13(18(22)23)12(7-11)14(19)17-8-10-3-2-6-16(10,9-17)15(20)21/h4-5,7,10H,2-3,6,8-9H2,1H3,(H,20,21)/t10-,16+/m0/s1. The Morgan fingerprint density at radius 2 is 2.21 bits per heavy atom. The smallest absolute Gasteiger partial charge is 0.311 e. The van der Waals surface area contributed by atoms with Gasteiger partial charge in [-0.3, -0.25) is 19.7 Å². The summed E-state index contributed by atoms with van der Waals surface area (Å²) in [6, 6.07) is 3.99. The van der Waals surface area contributed by atoms with Crippen LogP contribution in [0.5, 0.6) is 5.75 Å². The molecule has 8 nitrogen and oxygen atoms in total. The summed E-state index contributed by atoms with van der Waals surface area (Å²) in [5.74, 6) is -1.16. The average molecular weight is 334 g/mol. The molecule has 1 aliphatic heterocycles. The molecule has 128 valence electrons. The number of carbonyl (C=O) groups is 2. The van der Waals surface area contributed by atoms with Crippen LogP contribution >= 0.6 is 0 Å². The first-order valence-electron chi connectivity index (χ1n) is 7.74. The summed E-state index contributed by atoms with van der Waals surface area (Å²) in [5, 5.41) is 20.8. The van der Waals surface area contributed by atoms with Gasteiger partial charge >= 0.3 is 5.97 Å². The summed E-state index contributed by atoms with van der Waals surface area (Å²) >= 11 is 0. The maximum absolute atomic E-state index is 12.8. The van der Waals surface area contributed by atoms with Crippen molar-refractivity contribution < 1.29 is 24.4 Å². The number of fused-ring (bicyclic) bond motifs is 1. The largest absolute Gasteiger partial charge is 0.497 e. The van der Waals surface area contributed by atoms with E-state index in [1.54, 1.807) is 0 Å². The first-order valence-corrected chi connectivity index (χ1v) is 7.74. The number of amides is 1. The molecule has 24 heavy (non-hydrogen) atoms. The minimum absolute atomic E-state index is 0.0696. The second kappa shape index (κ2) is 5.77.